The fraction of sp³-hybridized carbons (Fsp3) is 0.400. The minimum Gasteiger partial charge on any atom is -0.424 e. The van der Waals surface area contributed by atoms with Crippen molar-refractivity contribution in [2.24, 2.45) is 0 Å². The summed E-state index contributed by atoms with van der Waals surface area (Å²) in [6.45, 7) is 3.09. The number of hydrogen-bond acceptors (Lipinski definition) is 10. The first-order valence-corrected chi connectivity index (χ1v) is 10.2. The van der Waals surface area contributed by atoms with Gasteiger partial charge in [-0.25, -0.2) is 0 Å². The van der Waals surface area contributed by atoms with Crippen molar-refractivity contribution in [1.82, 2.24) is 4.98 Å². The van der Waals surface area contributed by atoms with Crippen LogP contribution in [0.2, 0.25) is 5.02 Å². The number of aromatic nitrogens is 1. The Balaban J connectivity index is 1.71. The maximum absolute atomic E-state index is 12.5. The van der Waals surface area contributed by atoms with Gasteiger partial charge in [-0.15, -0.1) is 20.2 Å². The molecule has 1 aliphatic rings. The molecule has 0 amide bonds. The molecule has 3 rings (SSSR count). The largest absolute Gasteiger partial charge is 0.424 e. The van der Waals surface area contributed by atoms with Crippen LogP contribution in [0.25, 0.3) is 0 Å². The number of rotatable bonds is 10. The van der Waals surface area contributed by atoms with Crippen molar-refractivity contribution < 1.29 is 34.1 Å². The third-order valence-corrected chi connectivity index (χ3v) is 5.30. The molecule has 0 N–H and O–H groups in total. The molecule has 176 valence electrons. The third kappa shape index (κ3) is 6.05. The van der Waals surface area contributed by atoms with Crippen LogP contribution < -0.4 is 4.74 Å². The number of pyridine rings is 1. The average Bonchev–Trinajstić information content (AvgIpc) is 3.17. The molecule has 33 heavy (non-hydrogen) atoms. The predicted molar refractivity (Wildman–Crippen MR) is 111 cm³/mol. The summed E-state index contributed by atoms with van der Waals surface area (Å²) in [4.78, 5) is 46.7. The standard InChI is InChI=1S/C20H20ClN3O9/c1-11-19(31-18(25)8-7-17(33-24(28)29)12(2)32-23(26)27)16-10-30-20(15(16)9-22-11)13-3-5-14(21)6-4-13/h3-6,9,12,17,20H,7-8,10H2,1-2H3/t12-,17+,20+/m0/s1. The molecule has 13 heteroatoms. The molecule has 1 aromatic heterocycles. The van der Waals surface area contributed by atoms with Gasteiger partial charge in [0.1, 0.15) is 18.3 Å². The number of carbonyl (C=O) groups is 1. The molecular formula is C20H20ClN3O9. The molecule has 0 radical (unpaired) electrons. The Morgan fingerprint density at radius 3 is 2.55 bits per heavy atom. The smallest absolute Gasteiger partial charge is 0.311 e. The number of ether oxygens (including phenoxy) is 2. The minimum absolute atomic E-state index is 0.190. The van der Waals surface area contributed by atoms with Gasteiger partial charge in [0, 0.05) is 28.8 Å². The second-order valence-corrected chi connectivity index (χ2v) is 7.70. The number of hydrogen-bond donors (Lipinski definition) is 0. The first-order valence-electron chi connectivity index (χ1n) is 9.84. The second kappa shape index (κ2) is 10.4. The Bertz CT molecular complexity index is 1050. The van der Waals surface area contributed by atoms with Gasteiger partial charge in [-0.05, 0) is 38.0 Å². The van der Waals surface area contributed by atoms with E-state index in [1.54, 1.807) is 25.3 Å². The van der Waals surface area contributed by atoms with Crippen molar-refractivity contribution in [3.63, 3.8) is 0 Å². The van der Waals surface area contributed by atoms with Crippen LogP contribution >= 0.6 is 11.6 Å². The highest BCUT2D eigenvalue weighted by Crippen LogP contribution is 2.41. The van der Waals surface area contributed by atoms with Gasteiger partial charge in [0.25, 0.3) is 10.2 Å². The van der Waals surface area contributed by atoms with Crippen LogP contribution in [0.4, 0.5) is 0 Å². The molecule has 12 nitrogen and oxygen atoms in total. The van der Waals surface area contributed by atoms with Crippen LogP contribution in [0.5, 0.6) is 5.75 Å². The molecule has 0 fully saturated rings. The zero-order valence-electron chi connectivity index (χ0n) is 17.6. The normalized spacial score (nSPS) is 16.4. The number of aryl methyl sites for hydroxylation is 1. The lowest BCUT2D eigenvalue weighted by molar-refractivity contribution is -0.798. The average molecular weight is 482 g/mol. The van der Waals surface area contributed by atoms with E-state index < -0.39 is 34.5 Å². The van der Waals surface area contributed by atoms with Crippen molar-refractivity contribution in [2.75, 3.05) is 0 Å². The summed E-state index contributed by atoms with van der Waals surface area (Å²) >= 11 is 5.95. The van der Waals surface area contributed by atoms with Gasteiger partial charge in [-0.3, -0.25) is 9.78 Å². The van der Waals surface area contributed by atoms with Gasteiger partial charge in [-0.2, -0.15) is 0 Å². The predicted octanol–water partition coefficient (Wildman–Crippen LogP) is 3.52. The van der Waals surface area contributed by atoms with E-state index in [2.05, 4.69) is 14.7 Å². The molecular weight excluding hydrogens is 462 g/mol. The van der Waals surface area contributed by atoms with Gasteiger partial charge in [0.05, 0.1) is 12.3 Å². The van der Waals surface area contributed by atoms with Crippen LogP contribution in [-0.2, 0) is 25.8 Å². The van der Waals surface area contributed by atoms with Crippen molar-refractivity contribution in [1.29, 1.82) is 0 Å². The number of benzene rings is 1. The molecule has 3 atom stereocenters. The van der Waals surface area contributed by atoms with Gasteiger partial charge in [-0.1, -0.05) is 23.7 Å². The molecule has 1 aromatic carbocycles. The van der Waals surface area contributed by atoms with Crippen molar-refractivity contribution in [2.45, 2.75) is 51.6 Å². The summed E-state index contributed by atoms with van der Waals surface area (Å²) in [7, 11) is 0. The summed E-state index contributed by atoms with van der Waals surface area (Å²) < 4.78 is 11.4. The van der Waals surface area contributed by atoms with Crippen molar-refractivity contribution in [3.8, 4) is 5.75 Å². The Morgan fingerprint density at radius 2 is 1.91 bits per heavy atom. The van der Waals surface area contributed by atoms with Crippen LogP contribution in [0.1, 0.15) is 48.3 Å². The van der Waals surface area contributed by atoms with Gasteiger partial charge in [0.2, 0.25) is 0 Å². The van der Waals surface area contributed by atoms with E-state index in [-0.39, 0.29) is 25.2 Å². The summed E-state index contributed by atoms with van der Waals surface area (Å²) in [5.74, 6) is -0.469. The van der Waals surface area contributed by atoms with E-state index in [1.807, 2.05) is 12.1 Å². The molecule has 0 spiro atoms. The number of nitrogens with zero attached hydrogens (tertiary/aromatic N) is 3. The highest BCUT2D eigenvalue weighted by molar-refractivity contribution is 6.30. The van der Waals surface area contributed by atoms with E-state index in [0.717, 1.165) is 11.1 Å². The second-order valence-electron chi connectivity index (χ2n) is 7.26. The molecule has 0 saturated carbocycles. The third-order valence-electron chi connectivity index (χ3n) is 5.04. The Morgan fingerprint density at radius 1 is 1.24 bits per heavy atom. The summed E-state index contributed by atoms with van der Waals surface area (Å²) in [6, 6.07) is 7.15. The monoisotopic (exact) mass is 481 g/mol. The van der Waals surface area contributed by atoms with E-state index in [1.165, 1.54) is 6.92 Å². The number of halogens is 1. The Labute approximate surface area is 192 Å². The molecule has 0 saturated heterocycles. The lowest BCUT2D eigenvalue weighted by Crippen LogP contribution is -2.33. The first-order chi connectivity index (χ1) is 15.7. The van der Waals surface area contributed by atoms with Crippen LogP contribution in [0, 0.1) is 27.2 Å². The van der Waals surface area contributed by atoms with Crippen LogP contribution in [-0.4, -0.2) is 33.3 Å². The maximum atomic E-state index is 12.5. The van der Waals surface area contributed by atoms with E-state index in [9.17, 15) is 25.0 Å². The minimum atomic E-state index is -1.34. The summed E-state index contributed by atoms with van der Waals surface area (Å²) in [5, 5.41) is 19.6. The van der Waals surface area contributed by atoms with Crippen molar-refractivity contribution in [3.05, 3.63) is 78.1 Å². The number of esters is 1. The first kappa shape index (κ1) is 24.1. The van der Waals surface area contributed by atoms with Gasteiger partial charge < -0.3 is 19.1 Å². The molecule has 1 aliphatic heterocycles. The lowest BCUT2D eigenvalue weighted by Gasteiger charge is -2.20. The van der Waals surface area contributed by atoms with Crippen LogP contribution in [0.15, 0.2) is 30.5 Å². The fourth-order valence-electron chi connectivity index (χ4n) is 3.44. The highest BCUT2D eigenvalue weighted by Gasteiger charge is 2.31. The van der Waals surface area contributed by atoms with E-state index >= 15 is 0 Å². The zero-order chi connectivity index (χ0) is 24.1. The molecule has 2 heterocycles. The zero-order valence-corrected chi connectivity index (χ0v) is 18.4. The molecule has 2 aromatic rings. The SMILES string of the molecule is Cc1ncc2c(c1OC(=O)CC[C@@H](O[N+](=O)[O-])[C@H](C)O[N+](=O)[O-])CO[C@@H]2c1ccc(Cl)cc1. The Hall–Kier alpha value is -3.51. The van der Waals surface area contributed by atoms with E-state index in [4.69, 9.17) is 21.1 Å². The molecule has 0 unspecified atom stereocenters. The highest BCUT2D eigenvalue weighted by atomic mass is 35.5. The van der Waals surface area contributed by atoms with Gasteiger partial charge in [0.15, 0.2) is 5.75 Å². The number of fused-ring (bicyclic) bond motifs is 1. The van der Waals surface area contributed by atoms with Crippen molar-refractivity contribution >= 4 is 17.6 Å². The summed E-state index contributed by atoms with van der Waals surface area (Å²) in [5.41, 5.74) is 2.73. The molecule has 0 bridgehead atoms. The fourth-order valence-corrected chi connectivity index (χ4v) is 3.57. The number of carbonyl (C=O) groups excluding carboxylic acids is 1. The lowest BCUT2D eigenvalue weighted by atomic mass is 10.0. The quantitative estimate of drug-likeness (QED) is 0.279. The topological polar surface area (TPSA) is 153 Å². The molecule has 0 aliphatic carbocycles. The van der Waals surface area contributed by atoms with Gasteiger partial charge >= 0.3 is 5.97 Å². The van der Waals surface area contributed by atoms with Crippen LogP contribution in [0.3, 0.4) is 0 Å². The summed E-state index contributed by atoms with van der Waals surface area (Å²) in [6.07, 6.45) is -1.89. The Kier molecular flexibility index (Phi) is 7.61. The van der Waals surface area contributed by atoms with E-state index in [0.29, 0.717) is 16.3 Å². The maximum Gasteiger partial charge on any atom is 0.311 e.